The minimum atomic E-state index is -1.15. The van der Waals surface area contributed by atoms with Crippen molar-refractivity contribution < 1.29 is 19.4 Å². The number of hydrogen-bond donors (Lipinski definition) is 2. The molecule has 9 heteroatoms. The molecule has 2 N–H and O–H groups in total. The van der Waals surface area contributed by atoms with Gasteiger partial charge in [-0.2, -0.15) is 5.10 Å². The lowest BCUT2D eigenvalue weighted by Crippen LogP contribution is -2.55. The summed E-state index contributed by atoms with van der Waals surface area (Å²) >= 11 is 6.51. The van der Waals surface area contributed by atoms with Gasteiger partial charge < -0.3 is 19.9 Å². The predicted molar refractivity (Wildman–Crippen MR) is 119 cm³/mol. The lowest BCUT2D eigenvalue weighted by Gasteiger charge is -2.56. The van der Waals surface area contributed by atoms with Gasteiger partial charge in [0.25, 0.3) is 5.56 Å². The molecule has 1 aromatic carbocycles. The predicted octanol–water partition coefficient (Wildman–Crippen LogP) is 4.28. The number of methoxy groups -OCH3 is 2. The molecule has 1 heterocycles. The molecular formula is C23H26ClN3O5. The van der Waals surface area contributed by atoms with Gasteiger partial charge >= 0.3 is 5.97 Å². The number of hydrogen-bond acceptors (Lipinski definition) is 6. The van der Waals surface area contributed by atoms with E-state index in [1.54, 1.807) is 4.68 Å². The molecule has 0 amide bonds. The van der Waals surface area contributed by atoms with Crippen LogP contribution in [0.4, 0.5) is 11.4 Å². The highest BCUT2D eigenvalue weighted by molar-refractivity contribution is 6.33. The molecule has 4 fully saturated rings. The highest BCUT2D eigenvalue weighted by Crippen LogP contribution is 2.58. The second kappa shape index (κ2) is 7.69. The third kappa shape index (κ3) is 3.32. The molecule has 0 aliphatic heterocycles. The average molecular weight is 460 g/mol. The SMILES string of the molecule is COc1cc(Nc2cnn(C34CC5CC(CC(C5)C3)C4)c(=O)c2Cl)c(C(=O)O)cc1OC. The van der Waals surface area contributed by atoms with Crippen LogP contribution in [0.3, 0.4) is 0 Å². The number of carbonyl (C=O) groups is 1. The number of halogens is 1. The van der Waals surface area contributed by atoms with Crippen LogP contribution in [-0.4, -0.2) is 35.1 Å². The van der Waals surface area contributed by atoms with Crippen molar-refractivity contribution in [2.45, 2.75) is 44.1 Å². The molecule has 170 valence electrons. The van der Waals surface area contributed by atoms with Crippen LogP contribution in [0.25, 0.3) is 0 Å². The Morgan fingerprint density at radius 3 is 2.19 bits per heavy atom. The fourth-order valence-corrected chi connectivity index (χ4v) is 6.66. The number of aromatic carboxylic acids is 1. The fraction of sp³-hybridized carbons (Fsp3) is 0.522. The quantitative estimate of drug-likeness (QED) is 0.664. The van der Waals surface area contributed by atoms with Gasteiger partial charge in [0.05, 0.1) is 42.9 Å². The van der Waals surface area contributed by atoms with Crippen molar-refractivity contribution in [3.05, 3.63) is 39.3 Å². The van der Waals surface area contributed by atoms with Crippen LogP contribution in [0.1, 0.15) is 48.9 Å². The summed E-state index contributed by atoms with van der Waals surface area (Å²) in [6.07, 6.45) is 8.25. The molecule has 1 aromatic heterocycles. The number of nitrogens with zero attached hydrogens (tertiary/aromatic N) is 2. The molecule has 4 bridgehead atoms. The molecule has 4 aliphatic rings. The first-order valence-electron chi connectivity index (χ1n) is 10.9. The monoisotopic (exact) mass is 459 g/mol. The van der Waals surface area contributed by atoms with E-state index in [1.165, 1.54) is 51.8 Å². The van der Waals surface area contributed by atoms with Crippen LogP contribution < -0.4 is 20.3 Å². The number of ether oxygens (including phenoxy) is 2. The van der Waals surface area contributed by atoms with Gasteiger partial charge in [0.2, 0.25) is 0 Å². The highest BCUT2D eigenvalue weighted by Gasteiger charge is 2.53. The van der Waals surface area contributed by atoms with Crippen LogP contribution in [0.2, 0.25) is 5.02 Å². The number of benzene rings is 1. The largest absolute Gasteiger partial charge is 0.493 e. The molecule has 8 nitrogen and oxygen atoms in total. The van der Waals surface area contributed by atoms with Crippen molar-refractivity contribution in [1.29, 1.82) is 0 Å². The summed E-state index contributed by atoms with van der Waals surface area (Å²) in [5.41, 5.74) is -0.137. The number of carboxylic acid groups (broad SMARTS) is 1. The Labute approximate surface area is 190 Å². The molecule has 0 unspecified atom stereocenters. The zero-order valence-corrected chi connectivity index (χ0v) is 18.8. The van der Waals surface area contributed by atoms with E-state index in [1.807, 2.05) is 0 Å². The zero-order chi connectivity index (χ0) is 22.6. The van der Waals surface area contributed by atoms with Crippen LogP contribution in [0.5, 0.6) is 11.5 Å². The van der Waals surface area contributed by atoms with Crippen LogP contribution >= 0.6 is 11.6 Å². The molecule has 0 radical (unpaired) electrons. The van der Waals surface area contributed by atoms with Crippen LogP contribution in [-0.2, 0) is 5.54 Å². The zero-order valence-electron chi connectivity index (χ0n) is 18.1. The number of aromatic nitrogens is 2. The van der Waals surface area contributed by atoms with E-state index >= 15 is 0 Å². The Balaban J connectivity index is 1.52. The molecule has 32 heavy (non-hydrogen) atoms. The normalized spacial score (nSPS) is 27.9. The van der Waals surface area contributed by atoms with Gasteiger partial charge in [-0.1, -0.05) is 11.6 Å². The number of nitrogens with one attached hydrogen (secondary N) is 1. The summed E-state index contributed by atoms with van der Waals surface area (Å²) in [6.45, 7) is 0. The molecular weight excluding hydrogens is 434 g/mol. The first-order chi connectivity index (χ1) is 15.3. The third-order valence-corrected chi connectivity index (χ3v) is 7.76. The summed E-state index contributed by atoms with van der Waals surface area (Å²) < 4.78 is 12.1. The summed E-state index contributed by atoms with van der Waals surface area (Å²) in [5, 5.41) is 17.1. The fourth-order valence-electron chi connectivity index (χ4n) is 6.49. The number of carboxylic acids is 1. The van der Waals surface area contributed by atoms with Crippen LogP contribution in [0, 0.1) is 17.8 Å². The summed E-state index contributed by atoms with van der Waals surface area (Å²) in [6, 6.07) is 2.87. The van der Waals surface area contributed by atoms with Crippen LogP contribution in [0.15, 0.2) is 23.1 Å². The summed E-state index contributed by atoms with van der Waals surface area (Å²) in [4.78, 5) is 25.1. The van der Waals surface area contributed by atoms with Gasteiger partial charge in [-0.25, -0.2) is 9.48 Å². The molecule has 6 rings (SSSR count). The maximum atomic E-state index is 13.3. The highest BCUT2D eigenvalue weighted by atomic mass is 35.5. The van der Waals surface area contributed by atoms with Crippen molar-refractivity contribution in [3.63, 3.8) is 0 Å². The number of anilines is 2. The van der Waals surface area contributed by atoms with E-state index in [2.05, 4.69) is 10.4 Å². The minimum absolute atomic E-state index is 0.00173. The second-order valence-electron chi connectivity index (χ2n) is 9.41. The maximum absolute atomic E-state index is 13.3. The Kier molecular flexibility index (Phi) is 5.08. The molecule has 0 spiro atoms. The van der Waals surface area contributed by atoms with Gasteiger partial charge in [0.15, 0.2) is 11.5 Å². The lowest BCUT2D eigenvalue weighted by atomic mass is 9.53. The molecule has 4 aliphatic carbocycles. The Morgan fingerprint density at radius 1 is 1.09 bits per heavy atom. The van der Waals surface area contributed by atoms with Crippen molar-refractivity contribution in [2.75, 3.05) is 19.5 Å². The summed E-state index contributed by atoms with van der Waals surface area (Å²) in [5.74, 6) is 1.48. The second-order valence-corrected chi connectivity index (χ2v) is 9.79. The first kappa shape index (κ1) is 21.1. The maximum Gasteiger partial charge on any atom is 0.337 e. The average Bonchev–Trinajstić information content (AvgIpc) is 2.75. The van der Waals surface area contributed by atoms with E-state index in [4.69, 9.17) is 21.1 Å². The van der Waals surface area contributed by atoms with Gasteiger partial charge in [0, 0.05) is 12.1 Å². The van der Waals surface area contributed by atoms with Gasteiger partial charge in [-0.15, -0.1) is 0 Å². The summed E-state index contributed by atoms with van der Waals surface area (Å²) in [7, 11) is 2.89. The topological polar surface area (TPSA) is 103 Å². The van der Waals surface area contributed by atoms with Crippen molar-refractivity contribution >= 4 is 28.9 Å². The Morgan fingerprint density at radius 2 is 1.66 bits per heavy atom. The molecule has 0 atom stereocenters. The Bertz CT molecular complexity index is 1110. The van der Waals surface area contributed by atoms with E-state index in [-0.39, 0.29) is 38.8 Å². The first-order valence-corrected chi connectivity index (χ1v) is 11.3. The molecule has 2 aromatic rings. The van der Waals surface area contributed by atoms with E-state index in [0.29, 0.717) is 23.5 Å². The van der Waals surface area contributed by atoms with Crippen molar-refractivity contribution in [3.8, 4) is 11.5 Å². The number of rotatable bonds is 6. The minimum Gasteiger partial charge on any atom is -0.493 e. The molecule has 4 saturated carbocycles. The standard InChI is InChI=1S/C23H26ClN3O5/c1-31-18-6-15(22(29)30)16(7-19(18)32-2)26-17-11-25-27(21(28)20(17)24)23-8-12-3-13(9-23)5-14(4-12)10-23/h6-7,11-14,26H,3-5,8-10H2,1-2H3,(H,29,30). The van der Waals surface area contributed by atoms with E-state index < -0.39 is 5.97 Å². The van der Waals surface area contributed by atoms with Crippen molar-refractivity contribution in [2.24, 2.45) is 17.8 Å². The third-order valence-electron chi connectivity index (χ3n) is 7.40. The van der Waals surface area contributed by atoms with E-state index in [9.17, 15) is 14.7 Å². The Hall–Kier alpha value is -2.74. The van der Waals surface area contributed by atoms with Crippen molar-refractivity contribution in [1.82, 2.24) is 9.78 Å². The van der Waals surface area contributed by atoms with E-state index in [0.717, 1.165) is 19.3 Å². The lowest BCUT2D eigenvalue weighted by molar-refractivity contribution is -0.0518. The smallest absolute Gasteiger partial charge is 0.337 e. The van der Waals surface area contributed by atoms with Gasteiger partial charge in [-0.3, -0.25) is 4.79 Å². The molecule has 0 saturated heterocycles. The van der Waals surface area contributed by atoms with Gasteiger partial charge in [0.1, 0.15) is 5.02 Å². The van der Waals surface area contributed by atoms with Gasteiger partial charge in [-0.05, 0) is 56.3 Å².